The molecule has 0 spiro atoms. The van der Waals surface area contributed by atoms with E-state index in [2.05, 4.69) is 5.10 Å². The molecule has 1 aromatic carbocycles. The number of nitrogens with two attached hydrogens (primary N) is 1. The summed E-state index contributed by atoms with van der Waals surface area (Å²) >= 11 is 0. The van der Waals surface area contributed by atoms with Crippen molar-refractivity contribution in [1.29, 1.82) is 0 Å². The molecule has 20 heavy (non-hydrogen) atoms. The first kappa shape index (κ1) is 14.1. The van der Waals surface area contributed by atoms with Gasteiger partial charge in [-0.15, -0.1) is 0 Å². The Morgan fingerprint density at radius 1 is 1.40 bits per heavy atom. The summed E-state index contributed by atoms with van der Waals surface area (Å²) in [6.07, 6.45) is 3.35. The Balaban J connectivity index is 2.13. The van der Waals surface area contributed by atoms with Gasteiger partial charge in [0.25, 0.3) is 0 Å². The highest BCUT2D eigenvalue weighted by Crippen LogP contribution is 2.14. The standard InChI is InChI=1S/C15H19N3O2/c1-15(2,3)20-14(19)12-6-4-5-11(7-12)9-18-10-13(16)8-17-18/h4-8,10H,9,16H2,1-3H3. The number of carbonyl (C=O) groups excluding carboxylic acids is 1. The summed E-state index contributed by atoms with van der Waals surface area (Å²) in [6, 6.07) is 7.33. The van der Waals surface area contributed by atoms with Crippen LogP contribution in [0.1, 0.15) is 36.7 Å². The van der Waals surface area contributed by atoms with E-state index in [-0.39, 0.29) is 5.97 Å². The van der Waals surface area contributed by atoms with Gasteiger partial charge in [-0.2, -0.15) is 5.10 Å². The number of esters is 1. The highest BCUT2D eigenvalue weighted by molar-refractivity contribution is 5.89. The number of hydrogen-bond acceptors (Lipinski definition) is 4. The molecule has 0 bridgehead atoms. The molecular weight excluding hydrogens is 254 g/mol. The van der Waals surface area contributed by atoms with Crippen LogP contribution in [0.15, 0.2) is 36.7 Å². The molecule has 1 heterocycles. The summed E-state index contributed by atoms with van der Waals surface area (Å²) < 4.78 is 7.08. The molecule has 0 radical (unpaired) electrons. The fraction of sp³-hybridized carbons (Fsp3) is 0.333. The Morgan fingerprint density at radius 2 is 2.15 bits per heavy atom. The molecule has 0 amide bonds. The minimum atomic E-state index is -0.497. The van der Waals surface area contributed by atoms with E-state index >= 15 is 0 Å². The predicted molar refractivity (Wildman–Crippen MR) is 77.4 cm³/mol. The van der Waals surface area contributed by atoms with Crippen molar-refractivity contribution in [2.24, 2.45) is 0 Å². The molecule has 0 saturated heterocycles. The number of anilines is 1. The number of aromatic nitrogens is 2. The number of nitrogen functional groups attached to an aromatic ring is 1. The van der Waals surface area contributed by atoms with E-state index in [0.717, 1.165) is 5.56 Å². The van der Waals surface area contributed by atoms with Gasteiger partial charge in [0.1, 0.15) is 5.60 Å². The third-order valence-electron chi connectivity index (χ3n) is 2.56. The average Bonchev–Trinajstić information content (AvgIpc) is 2.73. The molecule has 2 N–H and O–H groups in total. The molecule has 2 aromatic rings. The SMILES string of the molecule is CC(C)(C)OC(=O)c1cccc(Cn2cc(N)cn2)c1. The van der Waals surface area contributed by atoms with Crippen LogP contribution in [0.4, 0.5) is 5.69 Å². The topological polar surface area (TPSA) is 70.1 Å². The third-order valence-corrected chi connectivity index (χ3v) is 2.56. The molecule has 0 atom stereocenters. The second-order valence-electron chi connectivity index (χ2n) is 5.67. The van der Waals surface area contributed by atoms with Crippen molar-refractivity contribution in [2.45, 2.75) is 32.9 Å². The zero-order valence-corrected chi connectivity index (χ0v) is 12.0. The predicted octanol–water partition coefficient (Wildman–Crippen LogP) is 2.47. The van der Waals surface area contributed by atoms with Crippen LogP contribution >= 0.6 is 0 Å². The van der Waals surface area contributed by atoms with Gasteiger partial charge in [-0.3, -0.25) is 4.68 Å². The molecule has 5 nitrogen and oxygen atoms in total. The first-order chi connectivity index (χ1) is 9.33. The van der Waals surface area contributed by atoms with Crippen LogP contribution in [0.2, 0.25) is 0 Å². The van der Waals surface area contributed by atoms with Crippen molar-refractivity contribution >= 4 is 11.7 Å². The van der Waals surface area contributed by atoms with Gasteiger partial charge in [-0.25, -0.2) is 4.79 Å². The van der Waals surface area contributed by atoms with Crippen LogP contribution in [0, 0.1) is 0 Å². The van der Waals surface area contributed by atoms with Gasteiger partial charge in [0.2, 0.25) is 0 Å². The summed E-state index contributed by atoms with van der Waals surface area (Å²) in [5.41, 5.74) is 7.25. The highest BCUT2D eigenvalue weighted by atomic mass is 16.6. The van der Waals surface area contributed by atoms with Crippen molar-refractivity contribution in [3.63, 3.8) is 0 Å². The monoisotopic (exact) mass is 273 g/mol. The van der Waals surface area contributed by atoms with E-state index in [9.17, 15) is 4.79 Å². The molecule has 0 unspecified atom stereocenters. The lowest BCUT2D eigenvalue weighted by atomic mass is 10.1. The lowest BCUT2D eigenvalue weighted by Gasteiger charge is -2.19. The molecule has 0 saturated carbocycles. The average molecular weight is 273 g/mol. The van der Waals surface area contributed by atoms with Gasteiger partial charge in [0.05, 0.1) is 24.0 Å². The number of benzene rings is 1. The smallest absolute Gasteiger partial charge is 0.338 e. The maximum Gasteiger partial charge on any atom is 0.338 e. The summed E-state index contributed by atoms with van der Waals surface area (Å²) in [5, 5.41) is 4.12. The first-order valence-electron chi connectivity index (χ1n) is 6.44. The molecule has 106 valence electrons. The quantitative estimate of drug-likeness (QED) is 0.872. The van der Waals surface area contributed by atoms with Crippen LogP contribution in [-0.2, 0) is 11.3 Å². The zero-order chi connectivity index (χ0) is 14.8. The third kappa shape index (κ3) is 3.85. The molecule has 1 aromatic heterocycles. The molecular formula is C15H19N3O2. The van der Waals surface area contributed by atoms with E-state index < -0.39 is 5.60 Å². The Hall–Kier alpha value is -2.30. The minimum absolute atomic E-state index is 0.320. The number of nitrogens with zero attached hydrogens (tertiary/aromatic N) is 2. The Kier molecular flexibility index (Phi) is 3.79. The summed E-state index contributed by atoms with van der Waals surface area (Å²) in [4.78, 5) is 12.0. The lowest BCUT2D eigenvalue weighted by molar-refractivity contribution is 0.00694. The van der Waals surface area contributed by atoms with Crippen molar-refractivity contribution in [3.05, 3.63) is 47.8 Å². The summed E-state index contributed by atoms with van der Waals surface area (Å²) in [6.45, 7) is 6.11. The molecule has 0 fully saturated rings. The van der Waals surface area contributed by atoms with E-state index in [1.54, 1.807) is 23.1 Å². The molecule has 0 aliphatic carbocycles. The van der Waals surface area contributed by atoms with Crippen molar-refractivity contribution in [3.8, 4) is 0 Å². The van der Waals surface area contributed by atoms with Gasteiger partial charge in [0, 0.05) is 6.20 Å². The number of hydrogen-bond donors (Lipinski definition) is 1. The van der Waals surface area contributed by atoms with E-state index in [0.29, 0.717) is 17.8 Å². The van der Waals surface area contributed by atoms with E-state index in [4.69, 9.17) is 10.5 Å². The summed E-state index contributed by atoms with van der Waals surface area (Å²) in [5.74, 6) is -0.320. The maximum atomic E-state index is 12.0. The van der Waals surface area contributed by atoms with Crippen molar-refractivity contribution in [1.82, 2.24) is 9.78 Å². The first-order valence-corrected chi connectivity index (χ1v) is 6.44. The van der Waals surface area contributed by atoms with E-state index in [1.165, 1.54) is 0 Å². The van der Waals surface area contributed by atoms with Crippen LogP contribution in [0.3, 0.4) is 0 Å². The van der Waals surface area contributed by atoms with Gasteiger partial charge in [-0.1, -0.05) is 12.1 Å². The van der Waals surface area contributed by atoms with Gasteiger partial charge in [-0.05, 0) is 38.5 Å². The maximum absolute atomic E-state index is 12.0. The fourth-order valence-electron chi connectivity index (χ4n) is 1.79. The normalized spacial score (nSPS) is 11.3. The van der Waals surface area contributed by atoms with Crippen LogP contribution in [0.25, 0.3) is 0 Å². The Bertz CT molecular complexity index is 612. The van der Waals surface area contributed by atoms with E-state index in [1.807, 2.05) is 39.0 Å². The largest absolute Gasteiger partial charge is 0.456 e. The molecule has 5 heteroatoms. The second kappa shape index (κ2) is 5.36. The fourth-order valence-corrected chi connectivity index (χ4v) is 1.79. The summed E-state index contributed by atoms with van der Waals surface area (Å²) in [7, 11) is 0. The number of carbonyl (C=O) groups is 1. The van der Waals surface area contributed by atoms with Crippen LogP contribution in [0.5, 0.6) is 0 Å². The molecule has 2 rings (SSSR count). The van der Waals surface area contributed by atoms with Crippen molar-refractivity contribution < 1.29 is 9.53 Å². The second-order valence-corrected chi connectivity index (χ2v) is 5.67. The highest BCUT2D eigenvalue weighted by Gasteiger charge is 2.17. The molecule has 0 aliphatic heterocycles. The molecule has 0 aliphatic rings. The van der Waals surface area contributed by atoms with Gasteiger partial charge < -0.3 is 10.5 Å². The van der Waals surface area contributed by atoms with Gasteiger partial charge in [0.15, 0.2) is 0 Å². The number of rotatable bonds is 3. The zero-order valence-electron chi connectivity index (χ0n) is 12.0. The van der Waals surface area contributed by atoms with Crippen LogP contribution in [-0.4, -0.2) is 21.4 Å². The minimum Gasteiger partial charge on any atom is -0.456 e. The lowest BCUT2D eigenvalue weighted by Crippen LogP contribution is -2.24. The Labute approximate surface area is 118 Å². The Morgan fingerprint density at radius 3 is 2.75 bits per heavy atom. The van der Waals surface area contributed by atoms with Crippen molar-refractivity contribution in [2.75, 3.05) is 5.73 Å². The van der Waals surface area contributed by atoms with Gasteiger partial charge >= 0.3 is 5.97 Å². The number of ether oxygens (including phenoxy) is 1. The van der Waals surface area contributed by atoms with Crippen LogP contribution < -0.4 is 5.73 Å².